The zero-order valence-corrected chi connectivity index (χ0v) is 19.1. The summed E-state index contributed by atoms with van der Waals surface area (Å²) in [6.07, 6.45) is 8.39. The van der Waals surface area contributed by atoms with Gasteiger partial charge in [0.2, 0.25) is 5.91 Å². The van der Waals surface area contributed by atoms with E-state index in [1.165, 1.54) is 43.2 Å². The molecule has 2 aromatic rings. The molecule has 0 unspecified atom stereocenters. The van der Waals surface area contributed by atoms with Crippen molar-refractivity contribution in [2.24, 2.45) is 7.05 Å². The Kier molecular flexibility index (Phi) is 5.27. The fourth-order valence-corrected chi connectivity index (χ4v) is 5.40. The Bertz CT molecular complexity index is 1010. The van der Waals surface area contributed by atoms with Gasteiger partial charge in [-0.05, 0) is 54.7 Å². The number of benzene rings is 1. The lowest BCUT2D eigenvalue weighted by atomic mass is 9.93. The van der Waals surface area contributed by atoms with Gasteiger partial charge >= 0.3 is 0 Å². The van der Waals surface area contributed by atoms with E-state index in [9.17, 15) is 9.59 Å². The summed E-state index contributed by atoms with van der Waals surface area (Å²) in [5.41, 5.74) is 4.54. The van der Waals surface area contributed by atoms with Gasteiger partial charge in [-0.1, -0.05) is 39.2 Å². The average molecular weight is 423 g/mol. The third-order valence-corrected chi connectivity index (χ3v) is 7.46. The van der Waals surface area contributed by atoms with E-state index < -0.39 is 0 Å². The summed E-state index contributed by atoms with van der Waals surface area (Å²) in [4.78, 5) is 34.8. The largest absolute Gasteiger partial charge is 0.336 e. The van der Waals surface area contributed by atoms with Gasteiger partial charge in [0, 0.05) is 26.2 Å². The van der Waals surface area contributed by atoms with Crippen molar-refractivity contribution in [2.75, 3.05) is 19.6 Å². The standard InChI is InChI=1S/C25H34N4O2/c1-16(2)20-13-18(17-9-10-17)14-21-23(20)26-24(27(21)3)25(31)28-11-12-29(22(30)15-28)19-7-5-4-6-8-19/h13-14,16-17,19H,4-12,15H2,1-3H3. The number of aryl methyl sites for hydroxylation is 1. The molecule has 1 aliphatic heterocycles. The Morgan fingerprint density at radius 3 is 2.45 bits per heavy atom. The zero-order chi connectivity index (χ0) is 21.7. The first-order valence-electron chi connectivity index (χ1n) is 12.0. The molecule has 1 aromatic heterocycles. The van der Waals surface area contributed by atoms with E-state index in [-0.39, 0.29) is 18.4 Å². The Balaban J connectivity index is 1.40. The first-order chi connectivity index (χ1) is 14.9. The van der Waals surface area contributed by atoms with E-state index >= 15 is 0 Å². The van der Waals surface area contributed by atoms with Crippen molar-refractivity contribution in [3.63, 3.8) is 0 Å². The quantitative estimate of drug-likeness (QED) is 0.742. The van der Waals surface area contributed by atoms with Crippen molar-refractivity contribution in [1.29, 1.82) is 0 Å². The Morgan fingerprint density at radius 1 is 1.06 bits per heavy atom. The molecule has 0 radical (unpaired) electrons. The normalized spacial score (nSPS) is 20.8. The molecule has 0 spiro atoms. The van der Waals surface area contributed by atoms with E-state index in [0.717, 1.165) is 23.9 Å². The van der Waals surface area contributed by atoms with Crippen LogP contribution in [0.25, 0.3) is 11.0 Å². The second-order valence-electron chi connectivity index (χ2n) is 10.0. The van der Waals surface area contributed by atoms with Crippen LogP contribution < -0.4 is 0 Å². The highest BCUT2D eigenvalue weighted by Gasteiger charge is 2.34. The molecule has 0 atom stereocenters. The molecule has 2 amide bonds. The topological polar surface area (TPSA) is 58.4 Å². The maximum atomic E-state index is 13.4. The predicted octanol–water partition coefficient (Wildman–Crippen LogP) is 4.19. The van der Waals surface area contributed by atoms with Crippen LogP contribution in [0.2, 0.25) is 0 Å². The highest BCUT2D eigenvalue weighted by Crippen LogP contribution is 2.42. The van der Waals surface area contributed by atoms with Gasteiger partial charge < -0.3 is 14.4 Å². The molecule has 1 aromatic carbocycles. The van der Waals surface area contributed by atoms with Gasteiger partial charge in [-0.25, -0.2) is 4.98 Å². The molecule has 0 N–H and O–H groups in total. The molecule has 3 fully saturated rings. The number of hydrogen-bond donors (Lipinski definition) is 0. The SMILES string of the molecule is CC(C)c1cc(C2CC2)cc2c1nc(C(=O)N1CCN(C3CCCCC3)C(=O)C1)n2C. The lowest BCUT2D eigenvalue weighted by Gasteiger charge is -2.40. The molecular formula is C25H34N4O2. The van der Waals surface area contributed by atoms with Gasteiger partial charge in [0.15, 0.2) is 5.82 Å². The van der Waals surface area contributed by atoms with Crippen molar-refractivity contribution in [3.8, 4) is 0 Å². The number of amides is 2. The fraction of sp³-hybridized carbons (Fsp3) is 0.640. The summed E-state index contributed by atoms with van der Waals surface area (Å²) >= 11 is 0. The van der Waals surface area contributed by atoms with Gasteiger partial charge in [0.25, 0.3) is 5.91 Å². The maximum Gasteiger partial charge on any atom is 0.290 e. The van der Waals surface area contributed by atoms with Crippen LogP contribution in [0.15, 0.2) is 12.1 Å². The number of hydrogen-bond acceptors (Lipinski definition) is 3. The number of rotatable bonds is 4. The average Bonchev–Trinajstić information content (AvgIpc) is 3.57. The van der Waals surface area contributed by atoms with Crippen molar-refractivity contribution < 1.29 is 9.59 Å². The van der Waals surface area contributed by atoms with E-state index in [1.807, 2.05) is 16.5 Å². The van der Waals surface area contributed by atoms with Crippen LogP contribution in [0.3, 0.4) is 0 Å². The first-order valence-corrected chi connectivity index (χ1v) is 12.0. The number of piperazine rings is 1. The summed E-state index contributed by atoms with van der Waals surface area (Å²) in [7, 11) is 1.93. The lowest BCUT2D eigenvalue weighted by molar-refractivity contribution is -0.138. The predicted molar refractivity (Wildman–Crippen MR) is 121 cm³/mol. The number of imidazole rings is 1. The molecule has 3 aliphatic rings. The maximum absolute atomic E-state index is 13.4. The molecule has 6 heteroatoms. The molecule has 1 saturated heterocycles. The van der Waals surface area contributed by atoms with Crippen LogP contribution in [-0.4, -0.2) is 56.8 Å². The van der Waals surface area contributed by atoms with Crippen molar-refractivity contribution in [3.05, 3.63) is 29.1 Å². The molecular weight excluding hydrogens is 388 g/mol. The van der Waals surface area contributed by atoms with Gasteiger partial charge in [0.1, 0.15) is 6.54 Å². The van der Waals surface area contributed by atoms with Gasteiger partial charge in [0.05, 0.1) is 11.0 Å². The minimum atomic E-state index is -0.127. The van der Waals surface area contributed by atoms with E-state index in [4.69, 9.17) is 4.98 Å². The molecule has 2 aliphatic carbocycles. The van der Waals surface area contributed by atoms with E-state index in [0.29, 0.717) is 36.8 Å². The van der Waals surface area contributed by atoms with Gasteiger partial charge in [-0.15, -0.1) is 0 Å². The number of carbonyl (C=O) groups is 2. The molecule has 0 bridgehead atoms. The monoisotopic (exact) mass is 422 g/mol. The summed E-state index contributed by atoms with van der Waals surface area (Å²) in [6, 6.07) is 4.87. The minimum Gasteiger partial charge on any atom is -0.336 e. The van der Waals surface area contributed by atoms with Crippen LogP contribution >= 0.6 is 0 Å². The number of nitrogens with zero attached hydrogens (tertiary/aromatic N) is 4. The van der Waals surface area contributed by atoms with Gasteiger partial charge in [-0.3, -0.25) is 9.59 Å². The van der Waals surface area contributed by atoms with Crippen LogP contribution in [0.5, 0.6) is 0 Å². The summed E-state index contributed by atoms with van der Waals surface area (Å²) in [5.74, 6) is 1.41. The molecule has 6 nitrogen and oxygen atoms in total. The third-order valence-electron chi connectivity index (χ3n) is 7.46. The van der Waals surface area contributed by atoms with E-state index in [2.05, 4.69) is 26.0 Å². The van der Waals surface area contributed by atoms with Crippen LogP contribution in [0, 0.1) is 0 Å². The second kappa shape index (κ2) is 7.95. The van der Waals surface area contributed by atoms with Gasteiger partial charge in [-0.2, -0.15) is 0 Å². The molecule has 5 rings (SSSR count). The number of aromatic nitrogens is 2. The lowest BCUT2D eigenvalue weighted by Crippen LogP contribution is -2.56. The Morgan fingerprint density at radius 2 is 1.81 bits per heavy atom. The van der Waals surface area contributed by atoms with Crippen LogP contribution in [-0.2, 0) is 11.8 Å². The van der Waals surface area contributed by atoms with Crippen LogP contribution in [0.1, 0.15) is 92.4 Å². The fourth-order valence-electron chi connectivity index (χ4n) is 5.40. The summed E-state index contributed by atoms with van der Waals surface area (Å²) in [5, 5.41) is 0. The number of carbonyl (C=O) groups excluding carboxylic acids is 2. The molecule has 31 heavy (non-hydrogen) atoms. The van der Waals surface area contributed by atoms with E-state index in [1.54, 1.807) is 4.90 Å². The zero-order valence-electron chi connectivity index (χ0n) is 19.1. The second-order valence-corrected chi connectivity index (χ2v) is 10.0. The van der Waals surface area contributed by atoms with Crippen molar-refractivity contribution in [1.82, 2.24) is 19.4 Å². The van der Waals surface area contributed by atoms with Crippen molar-refractivity contribution >= 4 is 22.8 Å². The van der Waals surface area contributed by atoms with Crippen LogP contribution in [0.4, 0.5) is 0 Å². The molecule has 2 saturated carbocycles. The minimum absolute atomic E-state index is 0.0872. The highest BCUT2D eigenvalue weighted by molar-refractivity contribution is 5.98. The first kappa shape index (κ1) is 20.5. The molecule has 166 valence electrons. The Hall–Kier alpha value is -2.37. The molecule has 2 heterocycles. The Labute approximate surface area is 184 Å². The summed E-state index contributed by atoms with van der Waals surface area (Å²) in [6.45, 7) is 5.77. The third kappa shape index (κ3) is 3.74. The highest BCUT2D eigenvalue weighted by atomic mass is 16.2. The smallest absolute Gasteiger partial charge is 0.290 e. The van der Waals surface area contributed by atoms with Crippen molar-refractivity contribution in [2.45, 2.75) is 76.7 Å². The summed E-state index contributed by atoms with van der Waals surface area (Å²) < 4.78 is 1.94. The number of fused-ring (bicyclic) bond motifs is 1.